The van der Waals surface area contributed by atoms with Gasteiger partial charge in [0.2, 0.25) is 21.8 Å². The largest absolute Gasteiger partial charge is 0.350 e. The van der Waals surface area contributed by atoms with Gasteiger partial charge in [-0.1, -0.05) is 41.9 Å². The number of piperidine rings is 1. The fourth-order valence-electron chi connectivity index (χ4n) is 3.50. The molecule has 7 nitrogen and oxygen atoms in total. The molecule has 0 spiro atoms. The molecule has 0 bridgehead atoms. The Morgan fingerprint density at radius 3 is 2.61 bits per heavy atom. The summed E-state index contributed by atoms with van der Waals surface area (Å²) >= 11 is 5.94. The fraction of sp³-hybridized carbons (Fsp3) is 0.364. The minimum atomic E-state index is -3.65. The molecular weight excluding hydrogens is 438 g/mol. The van der Waals surface area contributed by atoms with E-state index in [2.05, 4.69) is 10.6 Å². The zero-order valence-electron chi connectivity index (χ0n) is 17.3. The summed E-state index contributed by atoms with van der Waals surface area (Å²) in [5.74, 6) is -1.15. The monoisotopic (exact) mass is 463 g/mol. The number of nitrogens with zero attached hydrogens (tertiary/aromatic N) is 1. The lowest BCUT2D eigenvalue weighted by Gasteiger charge is -2.31. The quantitative estimate of drug-likeness (QED) is 0.659. The maximum absolute atomic E-state index is 12.9. The molecule has 2 aromatic rings. The third kappa shape index (κ3) is 6.06. The number of sulfonamides is 1. The number of amides is 2. The lowest BCUT2D eigenvalue weighted by molar-refractivity contribution is -0.131. The van der Waals surface area contributed by atoms with Gasteiger partial charge in [0.1, 0.15) is 6.04 Å². The standard InChI is InChI=1S/C22H26ClN3O4S/c1-16(21(27)24-14-17-7-5-9-19(23)13-17)25-22(28)18-8-6-12-26(15-18)31(29,30)20-10-3-2-4-11-20/h2-5,7,9-11,13,16,18H,6,8,12,14-15H2,1H3,(H,24,27)(H,25,28)/t16-,18-/m0/s1. The topological polar surface area (TPSA) is 95.6 Å². The van der Waals surface area contributed by atoms with Crippen LogP contribution < -0.4 is 10.6 Å². The van der Waals surface area contributed by atoms with Crippen LogP contribution in [-0.4, -0.2) is 43.7 Å². The Labute approximate surface area is 187 Å². The van der Waals surface area contributed by atoms with E-state index in [1.54, 1.807) is 55.5 Å². The molecule has 3 rings (SSSR count). The van der Waals surface area contributed by atoms with Gasteiger partial charge < -0.3 is 10.6 Å². The van der Waals surface area contributed by atoms with Gasteiger partial charge in [0.05, 0.1) is 10.8 Å². The van der Waals surface area contributed by atoms with Crippen molar-refractivity contribution in [2.75, 3.05) is 13.1 Å². The molecule has 1 aliphatic rings. The van der Waals surface area contributed by atoms with Gasteiger partial charge in [-0.3, -0.25) is 9.59 Å². The number of carbonyl (C=O) groups is 2. The molecule has 2 aromatic carbocycles. The average molecular weight is 464 g/mol. The third-order valence-corrected chi connectivity index (χ3v) is 7.36. The number of benzene rings is 2. The predicted molar refractivity (Wildman–Crippen MR) is 119 cm³/mol. The van der Waals surface area contributed by atoms with Crippen LogP contribution in [0.1, 0.15) is 25.3 Å². The van der Waals surface area contributed by atoms with Gasteiger partial charge in [0, 0.05) is 24.7 Å². The maximum atomic E-state index is 12.9. The van der Waals surface area contributed by atoms with Crippen molar-refractivity contribution in [2.24, 2.45) is 5.92 Å². The van der Waals surface area contributed by atoms with Gasteiger partial charge in [-0.15, -0.1) is 0 Å². The first-order valence-electron chi connectivity index (χ1n) is 10.1. The Hall–Kier alpha value is -2.42. The molecule has 0 unspecified atom stereocenters. The molecule has 0 radical (unpaired) electrons. The molecule has 1 heterocycles. The summed E-state index contributed by atoms with van der Waals surface area (Å²) < 4.78 is 27.0. The molecule has 166 valence electrons. The predicted octanol–water partition coefficient (Wildman–Crippen LogP) is 2.56. The second kappa shape index (κ2) is 10.3. The van der Waals surface area contributed by atoms with E-state index in [0.29, 0.717) is 31.0 Å². The summed E-state index contributed by atoms with van der Waals surface area (Å²) in [6.07, 6.45) is 1.16. The SMILES string of the molecule is C[C@H](NC(=O)[C@H]1CCCN(S(=O)(=O)c2ccccc2)C1)C(=O)NCc1cccc(Cl)c1. The average Bonchev–Trinajstić information content (AvgIpc) is 2.78. The maximum Gasteiger partial charge on any atom is 0.243 e. The number of nitrogens with one attached hydrogen (secondary N) is 2. The van der Waals surface area contributed by atoms with Gasteiger partial charge in [0.25, 0.3) is 0 Å². The molecule has 0 saturated carbocycles. The van der Waals surface area contributed by atoms with Crippen LogP contribution in [0.4, 0.5) is 0 Å². The summed E-state index contributed by atoms with van der Waals surface area (Å²) in [6.45, 7) is 2.37. The summed E-state index contributed by atoms with van der Waals surface area (Å²) in [4.78, 5) is 25.3. The van der Waals surface area contributed by atoms with Gasteiger partial charge in [-0.25, -0.2) is 8.42 Å². The van der Waals surface area contributed by atoms with Crippen LogP contribution in [0.5, 0.6) is 0 Å². The van der Waals surface area contributed by atoms with Crippen molar-refractivity contribution >= 4 is 33.4 Å². The normalized spacial score (nSPS) is 18.2. The molecule has 1 aliphatic heterocycles. The minimum Gasteiger partial charge on any atom is -0.350 e. The second-order valence-corrected chi connectivity index (χ2v) is 9.97. The summed E-state index contributed by atoms with van der Waals surface area (Å²) in [7, 11) is -3.65. The summed E-state index contributed by atoms with van der Waals surface area (Å²) in [6, 6.07) is 14.6. The molecule has 0 aromatic heterocycles. The zero-order chi connectivity index (χ0) is 22.4. The number of rotatable bonds is 7. The van der Waals surface area contributed by atoms with E-state index in [9.17, 15) is 18.0 Å². The van der Waals surface area contributed by atoms with Crippen LogP contribution in [0.15, 0.2) is 59.5 Å². The van der Waals surface area contributed by atoms with Crippen LogP contribution in [0.2, 0.25) is 5.02 Å². The lowest BCUT2D eigenvalue weighted by atomic mass is 9.98. The van der Waals surface area contributed by atoms with Crippen LogP contribution in [0, 0.1) is 5.92 Å². The number of hydrogen-bond acceptors (Lipinski definition) is 4. The molecule has 9 heteroatoms. The molecule has 31 heavy (non-hydrogen) atoms. The smallest absolute Gasteiger partial charge is 0.243 e. The molecular formula is C22H26ClN3O4S. The highest BCUT2D eigenvalue weighted by Gasteiger charge is 2.34. The zero-order valence-corrected chi connectivity index (χ0v) is 18.8. The highest BCUT2D eigenvalue weighted by molar-refractivity contribution is 7.89. The Morgan fingerprint density at radius 2 is 1.90 bits per heavy atom. The van der Waals surface area contributed by atoms with Crippen molar-refractivity contribution in [1.29, 1.82) is 0 Å². The molecule has 0 aliphatic carbocycles. The summed E-state index contributed by atoms with van der Waals surface area (Å²) in [5.41, 5.74) is 0.855. The van der Waals surface area contributed by atoms with E-state index < -0.39 is 22.0 Å². The second-order valence-electron chi connectivity index (χ2n) is 7.59. The highest BCUT2D eigenvalue weighted by atomic mass is 35.5. The Bertz CT molecular complexity index is 1030. The highest BCUT2D eigenvalue weighted by Crippen LogP contribution is 2.24. The first kappa shape index (κ1) is 23.2. The van der Waals surface area contributed by atoms with Crippen LogP contribution in [-0.2, 0) is 26.2 Å². The molecule has 2 atom stereocenters. The van der Waals surface area contributed by atoms with Crippen molar-refractivity contribution in [3.8, 4) is 0 Å². The van der Waals surface area contributed by atoms with Crippen LogP contribution in [0.3, 0.4) is 0 Å². The molecule has 2 amide bonds. The van der Waals surface area contributed by atoms with Gasteiger partial charge in [-0.2, -0.15) is 4.31 Å². The first-order valence-corrected chi connectivity index (χ1v) is 12.0. The molecule has 1 fully saturated rings. The van der Waals surface area contributed by atoms with E-state index in [-0.39, 0.29) is 23.3 Å². The van der Waals surface area contributed by atoms with Crippen molar-refractivity contribution in [1.82, 2.24) is 14.9 Å². The van der Waals surface area contributed by atoms with E-state index in [4.69, 9.17) is 11.6 Å². The van der Waals surface area contributed by atoms with Crippen molar-refractivity contribution in [3.05, 3.63) is 65.2 Å². The van der Waals surface area contributed by atoms with Crippen LogP contribution in [0.25, 0.3) is 0 Å². The van der Waals surface area contributed by atoms with E-state index >= 15 is 0 Å². The van der Waals surface area contributed by atoms with Crippen molar-refractivity contribution < 1.29 is 18.0 Å². The fourth-order valence-corrected chi connectivity index (χ4v) is 5.26. The van der Waals surface area contributed by atoms with Crippen LogP contribution >= 0.6 is 11.6 Å². The number of halogens is 1. The molecule has 2 N–H and O–H groups in total. The van der Waals surface area contributed by atoms with E-state index in [0.717, 1.165) is 5.56 Å². The van der Waals surface area contributed by atoms with E-state index in [1.165, 1.54) is 4.31 Å². The summed E-state index contributed by atoms with van der Waals surface area (Å²) in [5, 5.41) is 6.06. The first-order chi connectivity index (χ1) is 14.8. The lowest BCUT2D eigenvalue weighted by Crippen LogP contribution is -2.50. The van der Waals surface area contributed by atoms with Gasteiger partial charge in [0.15, 0.2) is 0 Å². The number of hydrogen-bond donors (Lipinski definition) is 2. The van der Waals surface area contributed by atoms with Crippen molar-refractivity contribution in [2.45, 2.75) is 37.2 Å². The minimum absolute atomic E-state index is 0.0971. The Balaban J connectivity index is 1.55. The molecule has 1 saturated heterocycles. The third-order valence-electron chi connectivity index (χ3n) is 5.24. The van der Waals surface area contributed by atoms with Gasteiger partial charge >= 0.3 is 0 Å². The number of carbonyl (C=O) groups excluding carboxylic acids is 2. The van der Waals surface area contributed by atoms with E-state index in [1.807, 2.05) is 6.07 Å². The Kier molecular flexibility index (Phi) is 7.69. The van der Waals surface area contributed by atoms with Crippen molar-refractivity contribution in [3.63, 3.8) is 0 Å². The Morgan fingerprint density at radius 1 is 1.16 bits per heavy atom. The van der Waals surface area contributed by atoms with Gasteiger partial charge in [-0.05, 0) is 49.6 Å².